The number of anilines is 4. The normalized spacial score (nSPS) is 14.5. The van der Waals surface area contributed by atoms with Crippen molar-refractivity contribution in [3.63, 3.8) is 0 Å². The van der Waals surface area contributed by atoms with Crippen molar-refractivity contribution in [2.75, 3.05) is 35.7 Å². The highest BCUT2D eigenvalue weighted by atomic mass is 16.5. The van der Waals surface area contributed by atoms with Crippen LogP contribution in [0.5, 0.6) is 5.75 Å². The number of hydrogen-bond donors (Lipinski definition) is 2. The van der Waals surface area contributed by atoms with E-state index in [4.69, 9.17) is 9.47 Å². The van der Waals surface area contributed by atoms with Gasteiger partial charge >= 0.3 is 5.97 Å². The van der Waals surface area contributed by atoms with Crippen LogP contribution in [0.3, 0.4) is 0 Å². The van der Waals surface area contributed by atoms with Crippen molar-refractivity contribution in [1.82, 2.24) is 4.98 Å². The van der Waals surface area contributed by atoms with Gasteiger partial charge in [0.2, 0.25) is 5.91 Å². The van der Waals surface area contributed by atoms with Gasteiger partial charge in [0.15, 0.2) is 0 Å². The fourth-order valence-electron chi connectivity index (χ4n) is 3.81. The molecule has 0 fully saturated rings. The molecule has 2 heterocycles. The lowest BCUT2D eigenvalue weighted by molar-refractivity contribution is -0.142. The molecule has 0 spiro atoms. The van der Waals surface area contributed by atoms with Crippen molar-refractivity contribution in [3.8, 4) is 5.75 Å². The lowest BCUT2D eigenvalue weighted by Crippen LogP contribution is -2.38. The Bertz CT molecular complexity index is 1110. The van der Waals surface area contributed by atoms with Crippen LogP contribution in [-0.4, -0.2) is 43.2 Å². The highest BCUT2D eigenvalue weighted by molar-refractivity contribution is 5.92. The van der Waals surface area contributed by atoms with Gasteiger partial charge in [-0.05, 0) is 48.9 Å². The summed E-state index contributed by atoms with van der Waals surface area (Å²) >= 11 is 0. The number of aromatic nitrogens is 1. The molecule has 176 valence electrons. The molecule has 1 aromatic heterocycles. The van der Waals surface area contributed by atoms with Crippen LogP contribution in [-0.2, 0) is 14.3 Å². The van der Waals surface area contributed by atoms with Crippen LogP contribution in [0.15, 0.2) is 72.9 Å². The Balaban J connectivity index is 1.41. The maximum atomic E-state index is 12.5. The summed E-state index contributed by atoms with van der Waals surface area (Å²) in [5.74, 6) is 1.07. The minimum atomic E-state index is -0.341. The van der Waals surface area contributed by atoms with Gasteiger partial charge in [0, 0.05) is 30.5 Å². The molecule has 0 saturated carbocycles. The molecule has 0 saturated heterocycles. The van der Waals surface area contributed by atoms with E-state index in [0.29, 0.717) is 37.4 Å². The number of para-hydroxylation sites is 1. The first-order valence-electron chi connectivity index (χ1n) is 11.3. The molecule has 0 radical (unpaired) electrons. The first-order valence-corrected chi connectivity index (χ1v) is 11.3. The number of carbonyl (C=O) groups excluding carboxylic acids is 2. The number of benzene rings is 2. The molecule has 1 aliphatic rings. The van der Waals surface area contributed by atoms with Gasteiger partial charge in [-0.2, -0.15) is 0 Å². The number of nitrogens with zero attached hydrogens (tertiary/aromatic N) is 2. The Kier molecular flexibility index (Phi) is 7.60. The minimum Gasteiger partial charge on any atom is -0.486 e. The SMILES string of the molecule is COC(=O)CC1CN(c2ccccc2)c2cc(NC(=O)CCCNc3ccccn3)ccc2O1. The largest absolute Gasteiger partial charge is 0.486 e. The molecular formula is C26H28N4O4. The van der Waals surface area contributed by atoms with Gasteiger partial charge in [0.25, 0.3) is 0 Å². The molecule has 1 unspecified atom stereocenters. The monoisotopic (exact) mass is 460 g/mol. The van der Waals surface area contributed by atoms with E-state index >= 15 is 0 Å². The molecule has 1 aliphatic heterocycles. The Hall–Kier alpha value is -4.07. The molecule has 4 rings (SSSR count). The van der Waals surface area contributed by atoms with E-state index in [9.17, 15) is 9.59 Å². The quantitative estimate of drug-likeness (QED) is 0.362. The van der Waals surface area contributed by atoms with Gasteiger partial charge in [-0.3, -0.25) is 9.59 Å². The Morgan fingerprint density at radius 3 is 2.71 bits per heavy atom. The maximum absolute atomic E-state index is 12.5. The first-order chi connectivity index (χ1) is 16.6. The molecular weight excluding hydrogens is 432 g/mol. The van der Waals surface area contributed by atoms with Crippen molar-refractivity contribution in [3.05, 3.63) is 72.9 Å². The predicted molar refractivity (Wildman–Crippen MR) is 132 cm³/mol. The maximum Gasteiger partial charge on any atom is 0.309 e. The number of pyridine rings is 1. The molecule has 34 heavy (non-hydrogen) atoms. The second kappa shape index (κ2) is 11.2. The van der Waals surface area contributed by atoms with E-state index in [2.05, 4.69) is 20.5 Å². The smallest absolute Gasteiger partial charge is 0.309 e. The molecule has 2 aromatic carbocycles. The van der Waals surface area contributed by atoms with E-state index in [1.165, 1.54) is 7.11 Å². The fourth-order valence-corrected chi connectivity index (χ4v) is 3.81. The summed E-state index contributed by atoms with van der Waals surface area (Å²) in [4.78, 5) is 30.6. The second-order valence-electron chi connectivity index (χ2n) is 7.94. The highest BCUT2D eigenvalue weighted by Gasteiger charge is 2.29. The van der Waals surface area contributed by atoms with Gasteiger partial charge < -0.3 is 25.0 Å². The lowest BCUT2D eigenvalue weighted by Gasteiger charge is -2.36. The van der Waals surface area contributed by atoms with Crippen molar-refractivity contribution < 1.29 is 19.1 Å². The zero-order chi connectivity index (χ0) is 23.8. The van der Waals surface area contributed by atoms with Crippen molar-refractivity contribution in [2.45, 2.75) is 25.4 Å². The third kappa shape index (κ3) is 6.04. The van der Waals surface area contributed by atoms with Gasteiger partial charge in [0.1, 0.15) is 17.7 Å². The number of amides is 1. The molecule has 8 heteroatoms. The second-order valence-corrected chi connectivity index (χ2v) is 7.94. The average Bonchev–Trinajstić information content (AvgIpc) is 2.87. The van der Waals surface area contributed by atoms with E-state index < -0.39 is 0 Å². The number of methoxy groups -OCH3 is 1. The van der Waals surface area contributed by atoms with Crippen LogP contribution < -0.4 is 20.3 Å². The summed E-state index contributed by atoms with van der Waals surface area (Å²) in [5.41, 5.74) is 2.50. The number of rotatable bonds is 9. The van der Waals surface area contributed by atoms with Crippen LogP contribution in [0.1, 0.15) is 19.3 Å². The number of esters is 1. The van der Waals surface area contributed by atoms with E-state index in [1.807, 2.05) is 66.7 Å². The van der Waals surface area contributed by atoms with Crippen LogP contribution in [0.2, 0.25) is 0 Å². The molecule has 3 aromatic rings. The minimum absolute atomic E-state index is 0.0608. The molecule has 1 atom stereocenters. The summed E-state index contributed by atoms with van der Waals surface area (Å²) < 4.78 is 10.9. The Labute approximate surface area is 198 Å². The summed E-state index contributed by atoms with van der Waals surface area (Å²) in [5, 5.41) is 6.18. The molecule has 8 nitrogen and oxygen atoms in total. The molecule has 0 bridgehead atoms. The van der Waals surface area contributed by atoms with E-state index in [-0.39, 0.29) is 24.4 Å². The van der Waals surface area contributed by atoms with Crippen molar-refractivity contribution >= 4 is 34.8 Å². The summed E-state index contributed by atoms with van der Waals surface area (Å²) in [6, 6.07) is 21.1. The Morgan fingerprint density at radius 1 is 1.12 bits per heavy atom. The number of fused-ring (bicyclic) bond motifs is 1. The average molecular weight is 461 g/mol. The van der Waals surface area contributed by atoms with E-state index in [0.717, 1.165) is 17.2 Å². The van der Waals surface area contributed by atoms with Crippen molar-refractivity contribution in [1.29, 1.82) is 0 Å². The zero-order valence-electron chi connectivity index (χ0n) is 19.1. The highest BCUT2D eigenvalue weighted by Crippen LogP contribution is 2.40. The van der Waals surface area contributed by atoms with Gasteiger partial charge in [-0.15, -0.1) is 0 Å². The first kappa shape index (κ1) is 23.1. The third-order valence-corrected chi connectivity index (χ3v) is 5.45. The summed E-state index contributed by atoms with van der Waals surface area (Å²) in [6.45, 7) is 1.15. The Morgan fingerprint density at radius 2 is 1.94 bits per heavy atom. The lowest BCUT2D eigenvalue weighted by atomic mass is 10.1. The summed E-state index contributed by atoms with van der Waals surface area (Å²) in [7, 11) is 1.37. The number of hydrogen-bond acceptors (Lipinski definition) is 7. The van der Waals surface area contributed by atoms with Crippen LogP contribution in [0.25, 0.3) is 0 Å². The van der Waals surface area contributed by atoms with Crippen LogP contribution in [0.4, 0.5) is 22.9 Å². The van der Waals surface area contributed by atoms with E-state index in [1.54, 1.807) is 6.20 Å². The number of carbonyl (C=O) groups is 2. The molecule has 1 amide bonds. The predicted octanol–water partition coefficient (Wildman–Crippen LogP) is 4.37. The van der Waals surface area contributed by atoms with Gasteiger partial charge in [-0.25, -0.2) is 4.98 Å². The number of ether oxygens (including phenoxy) is 2. The fraction of sp³-hybridized carbons (Fsp3) is 0.269. The number of nitrogens with one attached hydrogen (secondary N) is 2. The summed E-state index contributed by atoms with van der Waals surface area (Å²) in [6.07, 6.45) is 2.61. The van der Waals surface area contributed by atoms with Gasteiger partial charge in [-0.1, -0.05) is 24.3 Å². The standard InChI is InChI=1S/C26H28N4O4/c1-33-26(32)17-21-18-30(20-8-3-2-4-9-20)22-16-19(12-13-23(22)34-21)29-25(31)11-7-15-28-24-10-5-6-14-27-24/h2-6,8-10,12-14,16,21H,7,11,15,17-18H2,1H3,(H,27,28)(H,29,31). The zero-order valence-corrected chi connectivity index (χ0v) is 19.1. The van der Waals surface area contributed by atoms with Gasteiger partial charge in [0.05, 0.1) is 25.8 Å². The third-order valence-electron chi connectivity index (χ3n) is 5.45. The van der Waals surface area contributed by atoms with Crippen LogP contribution in [0, 0.1) is 0 Å². The molecule has 2 N–H and O–H groups in total. The van der Waals surface area contributed by atoms with Crippen molar-refractivity contribution in [2.24, 2.45) is 0 Å². The topological polar surface area (TPSA) is 92.8 Å². The molecule has 0 aliphatic carbocycles. The van der Waals surface area contributed by atoms with Crippen LogP contribution >= 0.6 is 0 Å².